The molecule has 38 heavy (non-hydrogen) atoms. The van der Waals surface area contributed by atoms with E-state index in [9.17, 15) is 14.7 Å². The number of thiazole rings is 1. The zero-order chi connectivity index (χ0) is 26.6. The molecule has 0 fully saturated rings. The van der Waals surface area contributed by atoms with Gasteiger partial charge in [0.25, 0.3) is 5.91 Å². The largest absolute Gasteiger partial charge is 0.503 e. The summed E-state index contributed by atoms with van der Waals surface area (Å²) in [5.41, 5.74) is 2.13. The molecule has 5 rings (SSSR count). The van der Waals surface area contributed by atoms with Crippen LogP contribution in [0.15, 0.2) is 90.2 Å². The number of aliphatic hydroxyl groups excluding tert-OH is 1. The molecule has 1 aliphatic rings. The number of methoxy groups -OCH3 is 1. The van der Waals surface area contributed by atoms with Crippen LogP contribution in [0.2, 0.25) is 0 Å². The number of ether oxygens (including phenoxy) is 2. The molecule has 3 aromatic carbocycles. The molecule has 1 amide bonds. The second kappa shape index (κ2) is 10.9. The fourth-order valence-corrected chi connectivity index (χ4v) is 5.33. The molecule has 192 valence electrons. The topological polar surface area (TPSA) is 89.0 Å². The average Bonchev–Trinajstić information content (AvgIpc) is 3.48. The average molecular weight is 527 g/mol. The maximum Gasteiger partial charge on any atom is 0.296 e. The quantitative estimate of drug-likeness (QED) is 0.258. The van der Waals surface area contributed by atoms with Crippen LogP contribution < -0.4 is 14.4 Å². The van der Waals surface area contributed by atoms with Gasteiger partial charge in [-0.05, 0) is 54.0 Å². The van der Waals surface area contributed by atoms with Gasteiger partial charge in [-0.1, -0.05) is 66.8 Å². The highest BCUT2D eigenvalue weighted by Crippen LogP contribution is 2.44. The van der Waals surface area contributed by atoms with Crippen LogP contribution in [-0.4, -0.2) is 35.5 Å². The van der Waals surface area contributed by atoms with Gasteiger partial charge in [0.05, 0.1) is 35.5 Å². The van der Waals surface area contributed by atoms with Gasteiger partial charge in [0, 0.05) is 0 Å². The molecule has 0 saturated heterocycles. The molecule has 2 heterocycles. The van der Waals surface area contributed by atoms with Gasteiger partial charge in [-0.3, -0.25) is 14.5 Å². The van der Waals surface area contributed by atoms with Crippen molar-refractivity contribution in [3.8, 4) is 11.5 Å². The van der Waals surface area contributed by atoms with Gasteiger partial charge in [0.1, 0.15) is 11.5 Å². The van der Waals surface area contributed by atoms with E-state index in [0.29, 0.717) is 34.3 Å². The number of amides is 1. The van der Waals surface area contributed by atoms with Crippen LogP contribution >= 0.6 is 11.3 Å². The van der Waals surface area contributed by atoms with Crippen molar-refractivity contribution in [3.05, 3.63) is 101 Å². The highest BCUT2D eigenvalue weighted by Gasteiger charge is 2.45. The van der Waals surface area contributed by atoms with Crippen LogP contribution in [0.5, 0.6) is 11.5 Å². The number of aromatic nitrogens is 1. The van der Waals surface area contributed by atoms with E-state index in [2.05, 4.69) is 4.98 Å². The van der Waals surface area contributed by atoms with Gasteiger partial charge in [-0.25, -0.2) is 4.98 Å². The van der Waals surface area contributed by atoms with Crippen LogP contribution in [0.25, 0.3) is 16.3 Å². The SMILES string of the molecule is CCCOc1cccc(C2C(C(=O)/C=C/c3ccccc3)=C(O)C(=O)N2c2nc3ccc(OC)cc3s2)c1. The summed E-state index contributed by atoms with van der Waals surface area (Å²) in [4.78, 5) is 33.0. The molecule has 0 radical (unpaired) electrons. The number of allylic oxidation sites excluding steroid dienone is 1. The normalized spacial score (nSPS) is 15.6. The third-order valence-corrected chi connectivity index (χ3v) is 7.15. The first kappa shape index (κ1) is 25.2. The molecule has 4 aromatic rings. The van der Waals surface area contributed by atoms with Crippen LogP contribution in [0.1, 0.15) is 30.5 Å². The van der Waals surface area contributed by atoms with Gasteiger partial charge < -0.3 is 14.6 Å². The van der Waals surface area contributed by atoms with E-state index in [0.717, 1.165) is 16.7 Å². The lowest BCUT2D eigenvalue weighted by Gasteiger charge is -2.24. The monoisotopic (exact) mass is 526 g/mol. The predicted octanol–water partition coefficient (Wildman–Crippen LogP) is 6.28. The molecule has 1 N–H and O–H groups in total. The number of carbonyl (C=O) groups excluding carboxylic acids is 2. The number of fused-ring (bicyclic) bond motifs is 1. The Morgan fingerprint density at radius 3 is 2.66 bits per heavy atom. The molecule has 1 aliphatic heterocycles. The van der Waals surface area contributed by atoms with Gasteiger partial charge in [-0.15, -0.1) is 0 Å². The first-order chi connectivity index (χ1) is 18.5. The summed E-state index contributed by atoms with van der Waals surface area (Å²) in [5, 5.41) is 11.4. The van der Waals surface area contributed by atoms with E-state index in [4.69, 9.17) is 9.47 Å². The summed E-state index contributed by atoms with van der Waals surface area (Å²) in [6.45, 7) is 2.54. The minimum Gasteiger partial charge on any atom is -0.503 e. The third-order valence-electron chi connectivity index (χ3n) is 6.14. The van der Waals surface area contributed by atoms with Crippen molar-refractivity contribution in [1.29, 1.82) is 0 Å². The number of hydrogen-bond donors (Lipinski definition) is 1. The van der Waals surface area contributed by atoms with E-state index < -0.39 is 23.5 Å². The Kier molecular flexibility index (Phi) is 7.24. The molecular formula is C30H26N2O5S. The molecule has 0 saturated carbocycles. The fraction of sp³-hybridized carbons (Fsp3) is 0.167. The maximum atomic E-state index is 13.5. The van der Waals surface area contributed by atoms with Crippen molar-refractivity contribution >= 4 is 44.5 Å². The summed E-state index contributed by atoms with van der Waals surface area (Å²) in [6.07, 6.45) is 3.88. The van der Waals surface area contributed by atoms with Gasteiger partial charge in [-0.2, -0.15) is 0 Å². The van der Waals surface area contributed by atoms with Gasteiger partial charge in [0.15, 0.2) is 16.7 Å². The standard InChI is InChI=1S/C30H26N2O5S/c1-3-16-37-22-11-7-10-20(17-22)27-26(24(33)15-12-19-8-5-4-6-9-19)28(34)29(35)32(27)30-31-23-14-13-21(36-2)18-25(23)38-30/h4-15,17-18,27,34H,3,16H2,1-2H3/b15-12+. The maximum absolute atomic E-state index is 13.5. The Hall–Kier alpha value is -4.43. The number of nitrogens with zero attached hydrogens (tertiary/aromatic N) is 2. The summed E-state index contributed by atoms with van der Waals surface area (Å²) in [6, 6.07) is 21.2. The number of benzene rings is 3. The van der Waals surface area contributed by atoms with Crippen molar-refractivity contribution in [3.63, 3.8) is 0 Å². The molecule has 7 nitrogen and oxygen atoms in total. The summed E-state index contributed by atoms with van der Waals surface area (Å²) < 4.78 is 12.0. The number of aliphatic hydroxyl groups is 1. The third kappa shape index (κ3) is 4.90. The summed E-state index contributed by atoms with van der Waals surface area (Å²) >= 11 is 1.29. The fourth-order valence-electron chi connectivity index (χ4n) is 4.31. The van der Waals surface area contributed by atoms with Crippen LogP contribution in [0.4, 0.5) is 5.13 Å². The second-order valence-corrected chi connectivity index (χ2v) is 9.71. The second-order valence-electron chi connectivity index (χ2n) is 8.70. The first-order valence-corrected chi connectivity index (χ1v) is 13.0. The molecule has 0 spiro atoms. The lowest BCUT2D eigenvalue weighted by Crippen LogP contribution is -2.30. The molecular weight excluding hydrogens is 500 g/mol. The van der Waals surface area contributed by atoms with Crippen molar-refractivity contribution < 1.29 is 24.2 Å². The zero-order valence-corrected chi connectivity index (χ0v) is 21.8. The van der Waals surface area contributed by atoms with Crippen molar-refractivity contribution in [1.82, 2.24) is 4.98 Å². The Labute approximate surface area is 224 Å². The van der Waals surface area contributed by atoms with E-state index in [-0.39, 0.29) is 5.57 Å². The highest BCUT2D eigenvalue weighted by atomic mass is 32.1. The van der Waals surface area contributed by atoms with E-state index in [1.54, 1.807) is 25.3 Å². The predicted molar refractivity (Wildman–Crippen MR) is 149 cm³/mol. The lowest BCUT2D eigenvalue weighted by atomic mass is 9.95. The zero-order valence-electron chi connectivity index (χ0n) is 21.0. The highest BCUT2D eigenvalue weighted by molar-refractivity contribution is 7.22. The van der Waals surface area contributed by atoms with Crippen molar-refractivity contribution in [2.24, 2.45) is 0 Å². The molecule has 1 unspecified atom stereocenters. The van der Waals surface area contributed by atoms with Crippen LogP contribution in [0.3, 0.4) is 0 Å². The molecule has 0 aliphatic carbocycles. The van der Waals surface area contributed by atoms with Gasteiger partial charge in [0.2, 0.25) is 0 Å². The summed E-state index contributed by atoms with van der Waals surface area (Å²) in [7, 11) is 1.58. The summed E-state index contributed by atoms with van der Waals surface area (Å²) in [5.74, 6) is -0.453. The number of rotatable bonds is 9. The van der Waals surface area contributed by atoms with Crippen LogP contribution in [0, 0.1) is 0 Å². The molecule has 1 atom stereocenters. The Bertz CT molecular complexity index is 1560. The van der Waals surface area contributed by atoms with Crippen molar-refractivity contribution in [2.75, 3.05) is 18.6 Å². The number of carbonyl (C=O) groups is 2. The Morgan fingerprint density at radius 1 is 1.08 bits per heavy atom. The number of ketones is 1. The van der Waals surface area contributed by atoms with Crippen LogP contribution in [-0.2, 0) is 9.59 Å². The Morgan fingerprint density at radius 2 is 1.89 bits per heavy atom. The first-order valence-electron chi connectivity index (χ1n) is 12.2. The van der Waals surface area contributed by atoms with Gasteiger partial charge >= 0.3 is 0 Å². The van der Waals surface area contributed by atoms with Crippen molar-refractivity contribution in [2.45, 2.75) is 19.4 Å². The van der Waals surface area contributed by atoms with E-state index in [1.807, 2.05) is 67.6 Å². The number of hydrogen-bond acceptors (Lipinski definition) is 7. The molecule has 1 aromatic heterocycles. The minimum absolute atomic E-state index is 0.00772. The number of anilines is 1. The lowest BCUT2D eigenvalue weighted by molar-refractivity contribution is -0.117. The Balaban J connectivity index is 1.60. The van der Waals surface area contributed by atoms with E-state index >= 15 is 0 Å². The van der Waals surface area contributed by atoms with E-state index in [1.165, 1.54) is 22.3 Å². The molecule has 0 bridgehead atoms. The minimum atomic E-state index is -0.886. The smallest absolute Gasteiger partial charge is 0.296 e. The molecule has 8 heteroatoms.